The van der Waals surface area contributed by atoms with Gasteiger partial charge in [-0.2, -0.15) is 34.8 Å². The molecule has 2 aromatic heterocycles. The lowest BCUT2D eigenvalue weighted by Gasteiger charge is -2.26. The molecular weight excluding hydrogens is 882 g/mol. The number of anilines is 2. The van der Waals surface area contributed by atoms with Crippen molar-refractivity contribution in [2.75, 3.05) is 37.6 Å². The van der Waals surface area contributed by atoms with Crippen LogP contribution in [0.3, 0.4) is 0 Å². The van der Waals surface area contributed by atoms with Crippen LogP contribution in [0.2, 0.25) is 0 Å². The molecule has 5 N–H and O–H groups in total. The molecule has 0 spiro atoms. The van der Waals surface area contributed by atoms with Crippen molar-refractivity contribution in [3.8, 4) is 0 Å². The quantitative estimate of drug-likeness (QED) is 0.0532. The van der Waals surface area contributed by atoms with Gasteiger partial charge in [0.15, 0.2) is 10.1 Å². The number of sulfonamides is 1. The second kappa shape index (κ2) is 23.8. The summed E-state index contributed by atoms with van der Waals surface area (Å²) in [5.74, 6) is -1.80. The number of carboxylic acid groups (broad SMARTS) is 2. The number of aromatic nitrogens is 2. The lowest BCUT2D eigenvalue weighted by molar-refractivity contribution is -0.139. The maximum Gasteiger partial charge on any atom is 0.417 e. The van der Waals surface area contributed by atoms with Gasteiger partial charge in [-0.05, 0) is 86.6 Å². The highest BCUT2D eigenvalue weighted by atomic mass is 35.7. The first-order chi connectivity index (χ1) is 27.2. The Bertz CT molecular complexity index is 2240. The van der Waals surface area contributed by atoms with Crippen LogP contribution in [-0.4, -0.2) is 85.9 Å². The van der Waals surface area contributed by atoms with Gasteiger partial charge in [-0.1, -0.05) is 53.0 Å². The molecule has 0 radical (unpaired) electrons. The zero-order chi connectivity index (χ0) is 44.9. The van der Waals surface area contributed by atoms with Crippen molar-refractivity contribution in [3.63, 3.8) is 0 Å². The molecule has 340 valence electrons. The fraction of sp³-hybridized carbons (Fsp3) is 0.368. The Labute approximate surface area is 355 Å². The van der Waals surface area contributed by atoms with Gasteiger partial charge in [0.2, 0.25) is 0 Å². The van der Waals surface area contributed by atoms with E-state index < -0.39 is 64.5 Å². The van der Waals surface area contributed by atoms with Crippen molar-refractivity contribution < 1.29 is 63.0 Å². The molecule has 14 nitrogen and oxygen atoms in total. The number of nitrogens with one attached hydrogen (secondary N) is 1. The molecule has 0 aliphatic carbocycles. The number of likely N-dealkylation sites (N-methyl/N-ethyl adjacent to an activating group) is 2. The van der Waals surface area contributed by atoms with Crippen molar-refractivity contribution >= 4 is 53.1 Å². The van der Waals surface area contributed by atoms with Crippen molar-refractivity contribution in [2.24, 2.45) is 0 Å². The van der Waals surface area contributed by atoms with Crippen LogP contribution in [0.25, 0.3) is 0 Å². The topological polar surface area (TPSA) is 213 Å². The summed E-state index contributed by atoms with van der Waals surface area (Å²) in [4.78, 5) is 31.5. The third-order valence-corrected chi connectivity index (χ3v) is 10.6. The Morgan fingerprint density at radius 2 is 1.13 bits per heavy atom. The summed E-state index contributed by atoms with van der Waals surface area (Å²) in [5.41, 5.74) is 6.29. The first-order valence-corrected chi connectivity index (χ1v) is 20.8. The van der Waals surface area contributed by atoms with E-state index in [0.29, 0.717) is 48.3 Å². The Morgan fingerprint density at radius 3 is 1.48 bits per heavy atom. The van der Waals surface area contributed by atoms with E-state index in [4.69, 9.17) is 26.6 Å². The molecule has 0 saturated carbocycles. The number of carbonyl (C=O) groups is 2. The van der Waals surface area contributed by atoms with E-state index in [1.807, 2.05) is 50.1 Å². The fourth-order valence-electron chi connectivity index (χ4n) is 5.43. The number of hydrogen-bond acceptors (Lipinski definition) is 11. The normalized spacial score (nSPS) is 12.6. The molecule has 2 atom stereocenters. The van der Waals surface area contributed by atoms with Crippen molar-refractivity contribution in [2.45, 2.75) is 76.0 Å². The molecule has 4 aromatic rings. The van der Waals surface area contributed by atoms with Crippen LogP contribution in [0.5, 0.6) is 0 Å². The summed E-state index contributed by atoms with van der Waals surface area (Å²) in [6.07, 6.45) is -6.85. The molecule has 0 amide bonds. The van der Waals surface area contributed by atoms with Crippen LogP contribution in [0.15, 0.2) is 95.2 Å². The summed E-state index contributed by atoms with van der Waals surface area (Å²) < 4.78 is 122. The molecule has 4 rings (SSSR count). The first-order valence-electron chi connectivity index (χ1n) is 17.0. The van der Waals surface area contributed by atoms with Crippen LogP contribution in [-0.2, 0) is 41.0 Å². The summed E-state index contributed by atoms with van der Waals surface area (Å²) in [6, 6.07) is 16.5. The van der Waals surface area contributed by atoms with Gasteiger partial charge in [-0.25, -0.2) is 18.4 Å². The molecular formula is C38H49ClF6N6O8S2. The standard InChI is InChI=1S/C18H20F3N3O4S.C12H18N2O2.C6H3ClF3NO2S.2CH4/c1-3-15(24(2)11-17(25)26)12-5-4-6-14(9-12)23-29(27,28)16-8-7-13(10-22-16)18(19,20)21;1-3-11(14(2)8-12(15)16)9-5-4-6-10(13)7-9;7-14(12,13)5-2-1-4(3-11-5)6(8,9)10;;/h4-10,15,23H,3,11H2,1-2H3,(H,25,26);4-7,11H,3,8,13H2,1-2H3,(H,15,16);1-3H;2*1H4/t15-;11-;;;/m11.../s1. The van der Waals surface area contributed by atoms with E-state index in [2.05, 4.69) is 14.7 Å². The average Bonchev–Trinajstić information content (AvgIpc) is 3.11. The molecule has 0 aliphatic rings. The fourth-order valence-corrected chi connectivity index (χ4v) is 7.10. The second-order valence-electron chi connectivity index (χ2n) is 12.6. The van der Waals surface area contributed by atoms with E-state index >= 15 is 0 Å². The van der Waals surface area contributed by atoms with E-state index in [9.17, 15) is 52.8 Å². The Hall–Kier alpha value is -5.03. The number of aliphatic carboxylic acids is 2. The number of hydrogen-bond donors (Lipinski definition) is 4. The monoisotopic (exact) mass is 930 g/mol. The zero-order valence-corrected chi connectivity index (χ0v) is 34.1. The van der Waals surface area contributed by atoms with Gasteiger partial charge in [0.1, 0.15) is 0 Å². The summed E-state index contributed by atoms with van der Waals surface area (Å²) >= 11 is 0. The number of rotatable bonds is 14. The number of halogens is 7. The SMILES string of the molecule is C.C.CC[C@H](c1cccc(N)c1)N(C)CC(=O)O.CC[C@H](c1cccc(NS(=O)(=O)c2ccc(C(F)(F)F)cn2)c1)N(C)CC(=O)O.O=S(=O)(Cl)c1ccc(C(F)(F)F)cn1. The molecule has 0 bridgehead atoms. The van der Waals surface area contributed by atoms with E-state index in [-0.39, 0.29) is 45.7 Å². The average molecular weight is 931 g/mol. The zero-order valence-electron chi connectivity index (χ0n) is 31.7. The van der Waals surface area contributed by atoms with Gasteiger partial charge in [-0.15, -0.1) is 0 Å². The van der Waals surface area contributed by atoms with Crippen molar-refractivity contribution in [1.29, 1.82) is 0 Å². The van der Waals surface area contributed by atoms with Gasteiger partial charge >= 0.3 is 24.3 Å². The highest BCUT2D eigenvalue weighted by Gasteiger charge is 2.32. The minimum Gasteiger partial charge on any atom is -0.480 e. The molecule has 0 fully saturated rings. The number of nitrogen functional groups attached to an aromatic ring is 1. The number of nitrogens with two attached hydrogens (primary N) is 1. The molecule has 2 heterocycles. The highest BCUT2D eigenvalue weighted by Crippen LogP contribution is 2.31. The van der Waals surface area contributed by atoms with Crippen LogP contribution < -0.4 is 10.5 Å². The predicted octanol–water partition coefficient (Wildman–Crippen LogP) is 8.41. The summed E-state index contributed by atoms with van der Waals surface area (Å²) in [6.45, 7) is 3.75. The lowest BCUT2D eigenvalue weighted by Crippen LogP contribution is -2.29. The summed E-state index contributed by atoms with van der Waals surface area (Å²) in [7, 11) is 0.0372. The third-order valence-electron chi connectivity index (χ3n) is 8.08. The number of carboxylic acids is 2. The van der Waals surface area contributed by atoms with Gasteiger partial charge in [-0.3, -0.25) is 24.1 Å². The molecule has 61 heavy (non-hydrogen) atoms. The molecule has 0 aliphatic heterocycles. The van der Waals surface area contributed by atoms with Crippen LogP contribution in [0.1, 0.15) is 75.9 Å². The first kappa shape index (κ1) is 56.0. The molecule has 2 aromatic carbocycles. The lowest BCUT2D eigenvalue weighted by atomic mass is 10.0. The molecule has 0 saturated heterocycles. The smallest absolute Gasteiger partial charge is 0.417 e. The Kier molecular flexibility index (Phi) is 21.9. The second-order valence-corrected chi connectivity index (χ2v) is 16.7. The van der Waals surface area contributed by atoms with Crippen LogP contribution in [0, 0.1) is 0 Å². The van der Waals surface area contributed by atoms with Crippen molar-refractivity contribution in [1.82, 2.24) is 19.8 Å². The van der Waals surface area contributed by atoms with E-state index in [1.165, 1.54) is 6.07 Å². The maximum absolute atomic E-state index is 12.6. The Balaban J connectivity index is 0.000000955. The number of nitrogens with zero attached hydrogens (tertiary/aromatic N) is 4. The predicted molar refractivity (Wildman–Crippen MR) is 220 cm³/mol. The minimum absolute atomic E-state index is 0. The van der Waals surface area contributed by atoms with Gasteiger partial charge < -0.3 is 15.9 Å². The number of benzene rings is 2. The highest BCUT2D eigenvalue weighted by molar-refractivity contribution is 8.13. The van der Waals surface area contributed by atoms with Gasteiger partial charge in [0.05, 0.1) is 24.2 Å². The van der Waals surface area contributed by atoms with E-state index in [0.717, 1.165) is 18.1 Å². The van der Waals surface area contributed by atoms with E-state index in [1.54, 1.807) is 30.1 Å². The molecule has 0 unspecified atom stereocenters. The van der Waals surface area contributed by atoms with Gasteiger partial charge in [0.25, 0.3) is 19.1 Å². The largest absolute Gasteiger partial charge is 0.480 e. The summed E-state index contributed by atoms with van der Waals surface area (Å²) in [5, 5.41) is 16.6. The van der Waals surface area contributed by atoms with Gasteiger partial charge in [0, 0.05) is 46.5 Å². The number of alkyl halides is 6. The number of pyridine rings is 2. The van der Waals surface area contributed by atoms with Crippen LogP contribution >= 0.6 is 10.7 Å². The third kappa shape index (κ3) is 18.2. The Morgan fingerprint density at radius 1 is 0.721 bits per heavy atom. The van der Waals surface area contributed by atoms with Crippen LogP contribution in [0.4, 0.5) is 37.7 Å². The minimum atomic E-state index is -4.62. The maximum atomic E-state index is 12.6. The molecule has 23 heteroatoms. The van der Waals surface area contributed by atoms with Crippen molar-refractivity contribution in [3.05, 3.63) is 107 Å².